The van der Waals surface area contributed by atoms with Gasteiger partial charge in [0, 0.05) is 12.0 Å². The largest absolute Gasteiger partial charge is 0.436 e. The molecule has 1 unspecified atom stereocenters. The van der Waals surface area contributed by atoms with Crippen molar-refractivity contribution < 1.29 is 19.1 Å². The highest BCUT2D eigenvalue weighted by atomic mass is 16.6. The van der Waals surface area contributed by atoms with Gasteiger partial charge in [0.2, 0.25) is 18.4 Å². The fraction of sp³-hybridized carbons (Fsp3) is 0.583. The second kappa shape index (κ2) is 10.1. The van der Waals surface area contributed by atoms with Crippen LogP contribution in [0.1, 0.15) is 32.6 Å². The molecule has 0 aromatic heterocycles. The Kier molecular flexibility index (Phi) is 9.00. The van der Waals surface area contributed by atoms with Crippen molar-refractivity contribution in [2.45, 2.75) is 38.8 Å². The molecule has 0 rings (SSSR count). The second-order valence-corrected chi connectivity index (χ2v) is 3.68. The maximum Gasteiger partial charge on any atom is 0.335 e. The Labute approximate surface area is 105 Å². The summed E-state index contributed by atoms with van der Waals surface area (Å²) in [6.45, 7) is 5.38. The number of unbranched alkanes of at least 4 members (excludes halogenated alkanes) is 2. The number of aliphatic imine (C=N–C) groups is 2. The van der Waals surface area contributed by atoms with Crippen LogP contribution in [0.15, 0.2) is 22.1 Å². The van der Waals surface area contributed by atoms with Gasteiger partial charge in [0.05, 0.1) is 6.54 Å². The van der Waals surface area contributed by atoms with E-state index in [1.54, 1.807) is 0 Å². The van der Waals surface area contributed by atoms with E-state index in [0.717, 1.165) is 12.8 Å². The minimum Gasteiger partial charge on any atom is -0.436 e. The average Bonchev–Trinajstić information content (AvgIpc) is 2.33. The lowest BCUT2D eigenvalue weighted by molar-refractivity contribution is -0.144. The summed E-state index contributed by atoms with van der Waals surface area (Å²) < 4.78 is 4.93. The molecule has 0 aromatic carbocycles. The maximum absolute atomic E-state index is 11.2. The van der Waals surface area contributed by atoms with E-state index in [-0.39, 0.29) is 5.57 Å². The van der Waals surface area contributed by atoms with Crippen LogP contribution in [0, 0.1) is 0 Å². The zero-order chi connectivity index (χ0) is 13.8. The second-order valence-electron chi connectivity index (χ2n) is 3.68. The van der Waals surface area contributed by atoms with Gasteiger partial charge in [0.1, 0.15) is 0 Å². The van der Waals surface area contributed by atoms with Crippen LogP contribution >= 0.6 is 0 Å². The summed E-state index contributed by atoms with van der Waals surface area (Å²) in [5.41, 5.74) is 0.251. The zero-order valence-electron chi connectivity index (χ0n) is 10.3. The molecule has 0 saturated carbocycles. The predicted molar refractivity (Wildman–Crippen MR) is 64.3 cm³/mol. The first-order valence-electron chi connectivity index (χ1n) is 5.59. The van der Waals surface area contributed by atoms with E-state index in [1.807, 2.05) is 0 Å². The standard InChI is InChI=1S/C12H16N2O4/c1-10(2)12(17)18-11(14-9-16)6-4-3-5-7-13-8-15/h11H,1,3-7H2,2H3. The molecule has 0 fully saturated rings. The van der Waals surface area contributed by atoms with E-state index in [4.69, 9.17) is 4.74 Å². The van der Waals surface area contributed by atoms with Crippen molar-refractivity contribution in [3.63, 3.8) is 0 Å². The van der Waals surface area contributed by atoms with Crippen molar-refractivity contribution in [2.75, 3.05) is 6.54 Å². The molecule has 0 aliphatic heterocycles. The topological polar surface area (TPSA) is 85.2 Å². The number of hydrogen-bond acceptors (Lipinski definition) is 6. The Morgan fingerprint density at radius 2 is 2.00 bits per heavy atom. The number of ether oxygens (including phenoxy) is 1. The fourth-order valence-electron chi connectivity index (χ4n) is 1.16. The van der Waals surface area contributed by atoms with Crippen LogP contribution in [-0.2, 0) is 19.1 Å². The number of isocyanates is 2. The molecule has 18 heavy (non-hydrogen) atoms. The third-order valence-corrected chi connectivity index (χ3v) is 2.07. The van der Waals surface area contributed by atoms with Crippen molar-refractivity contribution in [3.05, 3.63) is 12.2 Å². The summed E-state index contributed by atoms with van der Waals surface area (Å²) in [4.78, 5) is 38.0. The van der Waals surface area contributed by atoms with E-state index in [1.165, 1.54) is 19.1 Å². The number of hydrogen-bond donors (Lipinski definition) is 0. The first kappa shape index (κ1) is 16.0. The molecule has 0 aromatic rings. The predicted octanol–water partition coefficient (Wildman–Crippen LogP) is 1.66. The monoisotopic (exact) mass is 252 g/mol. The Morgan fingerprint density at radius 3 is 2.56 bits per heavy atom. The molecule has 0 amide bonds. The third kappa shape index (κ3) is 8.16. The van der Waals surface area contributed by atoms with E-state index < -0.39 is 12.2 Å². The van der Waals surface area contributed by atoms with Gasteiger partial charge in [-0.1, -0.05) is 13.0 Å². The summed E-state index contributed by atoms with van der Waals surface area (Å²) in [5.74, 6) is -0.579. The van der Waals surface area contributed by atoms with Crippen molar-refractivity contribution in [1.29, 1.82) is 0 Å². The Morgan fingerprint density at radius 1 is 1.28 bits per heavy atom. The summed E-state index contributed by atoms with van der Waals surface area (Å²) in [6.07, 6.45) is 4.67. The number of carbonyl (C=O) groups excluding carboxylic acids is 3. The first-order chi connectivity index (χ1) is 8.61. The molecule has 0 N–H and O–H groups in total. The molecule has 0 saturated heterocycles. The highest BCUT2D eigenvalue weighted by Crippen LogP contribution is 2.09. The molecule has 0 aliphatic carbocycles. The summed E-state index contributed by atoms with van der Waals surface area (Å²) in [5, 5.41) is 0. The number of nitrogens with zero attached hydrogens (tertiary/aromatic N) is 2. The van der Waals surface area contributed by atoms with Crippen molar-refractivity contribution in [3.8, 4) is 0 Å². The van der Waals surface area contributed by atoms with Gasteiger partial charge in [-0.15, -0.1) is 0 Å². The van der Waals surface area contributed by atoms with Gasteiger partial charge >= 0.3 is 5.97 Å². The lowest BCUT2D eigenvalue weighted by Gasteiger charge is -2.11. The lowest BCUT2D eigenvalue weighted by Crippen LogP contribution is -2.16. The normalized spacial score (nSPS) is 10.7. The molecule has 0 heterocycles. The third-order valence-electron chi connectivity index (χ3n) is 2.07. The number of esters is 1. The van der Waals surface area contributed by atoms with Crippen LogP contribution in [0.3, 0.4) is 0 Å². The van der Waals surface area contributed by atoms with Gasteiger partial charge in [-0.3, -0.25) is 0 Å². The van der Waals surface area contributed by atoms with E-state index in [0.29, 0.717) is 19.4 Å². The quantitative estimate of drug-likeness (QED) is 0.205. The van der Waals surface area contributed by atoms with Crippen LogP contribution in [0.25, 0.3) is 0 Å². The summed E-state index contributed by atoms with van der Waals surface area (Å²) in [6, 6.07) is 0. The SMILES string of the molecule is C=C(C)C(=O)OC(CCCCCN=C=O)N=C=O. The van der Waals surface area contributed by atoms with E-state index >= 15 is 0 Å². The maximum atomic E-state index is 11.2. The van der Waals surface area contributed by atoms with Crippen molar-refractivity contribution in [2.24, 2.45) is 9.98 Å². The highest BCUT2D eigenvalue weighted by molar-refractivity contribution is 5.87. The molecular formula is C12H16N2O4. The van der Waals surface area contributed by atoms with Crippen LogP contribution in [-0.4, -0.2) is 30.9 Å². The van der Waals surface area contributed by atoms with Crippen LogP contribution in [0.4, 0.5) is 0 Å². The Bertz CT molecular complexity index is 380. The minimum absolute atomic E-state index is 0.251. The lowest BCUT2D eigenvalue weighted by atomic mass is 10.2. The molecule has 0 bridgehead atoms. The number of rotatable bonds is 9. The molecule has 1 atom stereocenters. The highest BCUT2D eigenvalue weighted by Gasteiger charge is 2.13. The zero-order valence-corrected chi connectivity index (χ0v) is 10.3. The van der Waals surface area contributed by atoms with Gasteiger partial charge in [-0.05, 0) is 19.8 Å². The molecular weight excluding hydrogens is 236 g/mol. The molecule has 0 aliphatic rings. The van der Waals surface area contributed by atoms with Gasteiger partial charge in [-0.2, -0.15) is 4.99 Å². The van der Waals surface area contributed by atoms with Gasteiger partial charge < -0.3 is 4.74 Å². The number of carbonyl (C=O) groups is 1. The van der Waals surface area contributed by atoms with Crippen molar-refractivity contribution in [1.82, 2.24) is 0 Å². The molecule has 0 spiro atoms. The smallest absolute Gasteiger partial charge is 0.335 e. The summed E-state index contributed by atoms with van der Waals surface area (Å²) in [7, 11) is 0. The van der Waals surface area contributed by atoms with Gasteiger partial charge in [0.25, 0.3) is 0 Å². The summed E-state index contributed by atoms with van der Waals surface area (Å²) >= 11 is 0. The van der Waals surface area contributed by atoms with Crippen LogP contribution in [0.5, 0.6) is 0 Å². The van der Waals surface area contributed by atoms with Crippen molar-refractivity contribution >= 4 is 18.1 Å². The van der Waals surface area contributed by atoms with Crippen LogP contribution < -0.4 is 0 Å². The van der Waals surface area contributed by atoms with Gasteiger partial charge in [0.15, 0.2) is 0 Å². The Hall–Kier alpha value is -2.03. The molecule has 0 radical (unpaired) electrons. The average molecular weight is 252 g/mol. The first-order valence-corrected chi connectivity index (χ1v) is 5.59. The van der Waals surface area contributed by atoms with E-state index in [9.17, 15) is 14.4 Å². The van der Waals surface area contributed by atoms with Crippen LogP contribution in [0.2, 0.25) is 0 Å². The molecule has 98 valence electrons. The minimum atomic E-state index is -0.818. The Balaban J connectivity index is 3.97. The molecule has 6 nitrogen and oxygen atoms in total. The fourth-order valence-corrected chi connectivity index (χ4v) is 1.16. The molecule has 6 heteroatoms. The van der Waals surface area contributed by atoms with E-state index in [2.05, 4.69) is 16.6 Å². The van der Waals surface area contributed by atoms with Gasteiger partial charge in [-0.25, -0.2) is 19.4 Å².